The van der Waals surface area contributed by atoms with Gasteiger partial charge in [0.25, 0.3) is 0 Å². The SMILES string of the molecule is Cc1nc(CSC(C)CCO)no1. The van der Waals surface area contributed by atoms with E-state index in [9.17, 15) is 0 Å². The van der Waals surface area contributed by atoms with Crippen LogP contribution in [0.25, 0.3) is 0 Å². The van der Waals surface area contributed by atoms with Gasteiger partial charge in [-0.25, -0.2) is 0 Å². The Hall–Kier alpha value is -0.550. The number of rotatable bonds is 5. The van der Waals surface area contributed by atoms with E-state index in [1.165, 1.54) is 0 Å². The van der Waals surface area contributed by atoms with Crippen molar-refractivity contribution in [3.8, 4) is 0 Å². The smallest absolute Gasteiger partial charge is 0.223 e. The maximum absolute atomic E-state index is 8.67. The van der Waals surface area contributed by atoms with Gasteiger partial charge in [-0.05, 0) is 6.42 Å². The van der Waals surface area contributed by atoms with Gasteiger partial charge in [0.15, 0.2) is 5.82 Å². The maximum Gasteiger partial charge on any atom is 0.223 e. The van der Waals surface area contributed by atoms with Crippen molar-refractivity contribution in [1.29, 1.82) is 0 Å². The second-order valence-electron chi connectivity index (χ2n) is 2.86. The van der Waals surface area contributed by atoms with Gasteiger partial charge in [-0.3, -0.25) is 0 Å². The quantitative estimate of drug-likeness (QED) is 0.781. The molecule has 0 saturated carbocycles. The summed E-state index contributed by atoms with van der Waals surface area (Å²) in [6.07, 6.45) is 0.807. The van der Waals surface area contributed by atoms with Crippen LogP contribution < -0.4 is 0 Å². The fourth-order valence-electron chi connectivity index (χ4n) is 0.882. The number of hydrogen-bond acceptors (Lipinski definition) is 5. The number of hydrogen-bond donors (Lipinski definition) is 1. The van der Waals surface area contributed by atoms with Crippen molar-refractivity contribution in [2.75, 3.05) is 6.61 Å². The van der Waals surface area contributed by atoms with E-state index in [-0.39, 0.29) is 6.61 Å². The van der Waals surface area contributed by atoms with Crippen molar-refractivity contribution in [2.45, 2.75) is 31.3 Å². The van der Waals surface area contributed by atoms with Crippen molar-refractivity contribution in [2.24, 2.45) is 0 Å². The molecule has 0 fully saturated rings. The van der Waals surface area contributed by atoms with Crippen molar-refractivity contribution in [1.82, 2.24) is 10.1 Å². The first-order chi connectivity index (χ1) is 6.22. The number of aliphatic hydroxyl groups is 1. The molecule has 0 saturated heterocycles. The Morgan fingerprint density at radius 3 is 2.92 bits per heavy atom. The molecule has 1 unspecified atom stereocenters. The van der Waals surface area contributed by atoms with E-state index >= 15 is 0 Å². The molecule has 1 aromatic heterocycles. The summed E-state index contributed by atoms with van der Waals surface area (Å²) in [4.78, 5) is 4.08. The van der Waals surface area contributed by atoms with Gasteiger partial charge >= 0.3 is 0 Å². The van der Waals surface area contributed by atoms with Crippen LogP contribution in [0.1, 0.15) is 25.1 Å². The lowest BCUT2D eigenvalue weighted by Crippen LogP contribution is -2.00. The molecule has 0 aliphatic carbocycles. The van der Waals surface area contributed by atoms with Crippen molar-refractivity contribution in [3.05, 3.63) is 11.7 Å². The highest BCUT2D eigenvalue weighted by Crippen LogP contribution is 2.17. The summed E-state index contributed by atoms with van der Waals surface area (Å²) in [6.45, 7) is 4.09. The summed E-state index contributed by atoms with van der Waals surface area (Å²) in [5.74, 6) is 2.08. The van der Waals surface area contributed by atoms with Gasteiger partial charge < -0.3 is 9.63 Å². The Labute approximate surface area is 81.7 Å². The van der Waals surface area contributed by atoms with E-state index in [2.05, 4.69) is 17.1 Å². The molecule has 1 atom stereocenters. The molecule has 0 amide bonds. The average molecular weight is 202 g/mol. The highest BCUT2D eigenvalue weighted by atomic mass is 32.2. The summed E-state index contributed by atoms with van der Waals surface area (Å²) >= 11 is 1.72. The molecule has 1 heterocycles. The van der Waals surface area contributed by atoms with Crippen molar-refractivity contribution < 1.29 is 9.63 Å². The average Bonchev–Trinajstić information content (AvgIpc) is 2.49. The second kappa shape index (κ2) is 5.24. The van der Waals surface area contributed by atoms with Crippen LogP contribution >= 0.6 is 11.8 Å². The molecule has 13 heavy (non-hydrogen) atoms. The van der Waals surface area contributed by atoms with Crippen molar-refractivity contribution in [3.63, 3.8) is 0 Å². The van der Waals surface area contributed by atoms with E-state index in [0.29, 0.717) is 11.1 Å². The number of thioether (sulfide) groups is 1. The number of nitrogens with zero attached hydrogens (tertiary/aromatic N) is 2. The minimum atomic E-state index is 0.236. The lowest BCUT2D eigenvalue weighted by molar-refractivity contribution is 0.289. The first-order valence-corrected chi connectivity index (χ1v) is 5.29. The van der Waals surface area contributed by atoms with E-state index in [4.69, 9.17) is 9.63 Å². The largest absolute Gasteiger partial charge is 0.396 e. The Morgan fingerprint density at radius 2 is 2.38 bits per heavy atom. The Kier molecular flexibility index (Phi) is 4.24. The van der Waals surface area contributed by atoms with Crippen LogP contribution in [0.2, 0.25) is 0 Å². The second-order valence-corrected chi connectivity index (χ2v) is 4.29. The fraction of sp³-hybridized carbons (Fsp3) is 0.750. The van der Waals surface area contributed by atoms with E-state index in [1.54, 1.807) is 18.7 Å². The lowest BCUT2D eigenvalue weighted by atomic mass is 10.3. The maximum atomic E-state index is 8.67. The van der Waals surface area contributed by atoms with Crippen LogP contribution in [0.3, 0.4) is 0 Å². The van der Waals surface area contributed by atoms with E-state index < -0.39 is 0 Å². The zero-order valence-corrected chi connectivity index (χ0v) is 8.67. The van der Waals surface area contributed by atoms with Gasteiger partial charge in [-0.2, -0.15) is 16.7 Å². The topological polar surface area (TPSA) is 59.2 Å². The van der Waals surface area contributed by atoms with Crippen LogP contribution in [0.15, 0.2) is 4.52 Å². The van der Waals surface area contributed by atoms with Crippen molar-refractivity contribution >= 4 is 11.8 Å². The third kappa shape index (κ3) is 3.78. The molecule has 0 aliphatic rings. The molecule has 1 rings (SSSR count). The molecular formula is C8H14N2O2S. The zero-order chi connectivity index (χ0) is 9.68. The standard InChI is InChI=1S/C8H14N2O2S/c1-6(3-4-11)13-5-8-9-7(2)12-10-8/h6,11H,3-5H2,1-2H3. The number of aromatic nitrogens is 2. The molecule has 74 valence electrons. The van der Waals surface area contributed by atoms with Gasteiger partial charge in [-0.15, -0.1) is 0 Å². The fourth-order valence-corrected chi connectivity index (χ4v) is 1.70. The van der Waals surface area contributed by atoms with Gasteiger partial charge in [0.1, 0.15) is 0 Å². The highest BCUT2D eigenvalue weighted by molar-refractivity contribution is 7.99. The van der Waals surface area contributed by atoms with Gasteiger partial charge in [-0.1, -0.05) is 12.1 Å². The molecule has 0 aromatic carbocycles. The van der Waals surface area contributed by atoms with Gasteiger partial charge in [0.2, 0.25) is 5.89 Å². The summed E-state index contributed by atoms with van der Waals surface area (Å²) in [5.41, 5.74) is 0. The van der Waals surface area contributed by atoms with Crippen LogP contribution in [0, 0.1) is 6.92 Å². The zero-order valence-electron chi connectivity index (χ0n) is 7.86. The first-order valence-electron chi connectivity index (χ1n) is 4.24. The first kappa shape index (κ1) is 10.5. The minimum absolute atomic E-state index is 0.236. The summed E-state index contributed by atoms with van der Waals surface area (Å²) in [5, 5.41) is 12.9. The predicted octanol–water partition coefficient (Wildman–Crippen LogP) is 1.38. The molecule has 1 N–H and O–H groups in total. The minimum Gasteiger partial charge on any atom is -0.396 e. The molecule has 1 aromatic rings. The van der Waals surface area contributed by atoms with E-state index in [1.807, 2.05) is 0 Å². The molecule has 4 nitrogen and oxygen atoms in total. The van der Waals surface area contributed by atoms with Gasteiger partial charge in [0.05, 0.1) is 5.75 Å². The highest BCUT2D eigenvalue weighted by Gasteiger charge is 2.06. The monoisotopic (exact) mass is 202 g/mol. The molecule has 5 heteroatoms. The third-order valence-electron chi connectivity index (χ3n) is 1.60. The third-order valence-corrected chi connectivity index (χ3v) is 2.83. The lowest BCUT2D eigenvalue weighted by Gasteiger charge is -2.06. The Balaban J connectivity index is 2.26. The molecule has 0 bridgehead atoms. The Morgan fingerprint density at radius 1 is 1.62 bits per heavy atom. The van der Waals surface area contributed by atoms with Crippen LogP contribution in [-0.2, 0) is 5.75 Å². The van der Waals surface area contributed by atoms with Gasteiger partial charge in [0, 0.05) is 18.8 Å². The van der Waals surface area contributed by atoms with Crippen LogP contribution in [-0.4, -0.2) is 27.1 Å². The predicted molar refractivity (Wildman–Crippen MR) is 51.5 cm³/mol. The summed E-state index contributed by atoms with van der Waals surface area (Å²) in [7, 11) is 0. The summed E-state index contributed by atoms with van der Waals surface area (Å²) in [6, 6.07) is 0. The normalized spacial score (nSPS) is 13.2. The summed E-state index contributed by atoms with van der Waals surface area (Å²) < 4.78 is 4.83. The van der Waals surface area contributed by atoms with E-state index in [0.717, 1.165) is 18.0 Å². The van der Waals surface area contributed by atoms with Crippen LogP contribution in [0.5, 0.6) is 0 Å². The Bertz CT molecular complexity index is 252. The molecule has 0 radical (unpaired) electrons. The number of aliphatic hydroxyl groups excluding tert-OH is 1. The number of aryl methyl sites for hydroxylation is 1. The molecule has 0 spiro atoms. The van der Waals surface area contributed by atoms with Crippen LogP contribution in [0.4, 0.5) is 0 Å². The molecule has 0 aliphatic heterocycles. The molecular weight excluding hydrogens is 188 g/mol.